The number of anilines is 1. The second kappa shape index (κ2) is 9.94. The Morgan fingerprint density at radius 1 is 1.11 bits per heavy atom. The van der Waals surface area contributed by atoms with Crippen molar-refractivity contribution in [2.75, 3.05) is 11.1 Å². The predicted octanol–water partition coefficient (Wildman–Crippen LogP) is 4.54. The summed E-state index contributed by atoms with van der Waals surface area (Å²) in [5, 5.41) is 18.2. The number of primary sulfonamides is 1. The summed E-state index contributed by atoms with van der Waals surface area (Å²) in [6.45, 7) is 3.13. The van der Waals surface area contributed by atoms with E-state index in [0.29, 0.717) is 5.16 Å². The van der Waals surface area contributed by atoms with E-state index in [1.54, 1.807) is 4.57 Å². The number of sulfonamides is 1. The second-order valence-corrected chi connectivity index (χ2v) is 10.7. The minimum absolute atomic E-state index is 0.0273. The van der Waals surface area contributed by atoms with E-state index in [0.717, 1.165) is 45.4 Å². The van der Waals surface area contributed by atoms with Gasteiger partial charge in [0.15, 0.2) is 11.0 Å². The molecule has 0 radical (unpaired) electrons. The van der Waals surface area contributed by atoms with Crippen LogP contribution in [0.2, 0.25) is 5.02 Å². The van der Waals surface area contributed by atoms with Gasteiger partial charge in [-0.05, 0) is 48.6 Å². The van der Waals surface area contributed by atoms with E-state index < -0.39 is 22.6 Å². The van der Waals surface area contributed by atoms with Crippen molar-refractivity contribution in [2.45, 2.75) is 30.6 Å². The van der Waals surface area contributed by atoms with Crippen molar-refractivity contribution < 1.29 is 17.6 Å². The molecule has 0 fully saturated rings. The number of benzene rings is 3. The van der Waals surface area contributed by atoms with E-state index in [2.05, 4.69) is 15.5 Å². The van der Waals surface area contributed by atoms with Crippen molar-refractivity contribution in [1.29, 1.82) is 0 Å². The van der Waals surface area contributed by atoms with E-state index in [1.165, 1.54) is 12.1 Å². The van der Waals surface area contributed by atoms with Crippen LogP contribution in [-0.4, -0.2) is 34.8 Å². The fourth-order valence-corrected chi connectivity index (χ4v) is 5.40. The molecule has 0 unspecified atom stereocenters. The van der Waals surface area contributed by atoms with Crippen LogP contribution in [0.1, 0.15) is 17.0 Å². The molecule has 0 aliphatic heterocycles. The zero-order valence-corrected chi connectivity index (χ0v) is 21.1. The first-order valence-electron chi connectivity index (χ1n) is 10.3. The Morgan fingerprint density at radius 2 is 1.83 bits per heavy atom. The zero-order chi connectivity index (χ0) is 25.3. The zero-order valence-electron chi connectivity index (χ0n) is 18.7. The summed E-state index contributed by atoms with van der Waals surface area (Å²) < 4.78 is 38.4. The van der Waals surface area contributed by atoms with Gasteiger partial charge in [0.05, 0.1) is 27.0 Å². The number of nitrogens with two attached hydrogens (primary N) is 1. The minimum Gasteiger partial charge on any atom is -0.324 e. The normalized spacial score (nSPS) is 11.7. The highest BCUT2D eigenvalue weighted by atomic mass is 35.5. The number of hydrogen-bond acceptors (Lipinski definition) is 6. The van der Waals surface area contributed by atoms with E-state index in [4.69, 9.17) is 16.7 Å². The van der Waals surface area contributed by atoms with Crippen LogP contribution >= 0.6 is 23.4 Å². The maximum Gasteiger partial charge on any atom is 0.238 e. The Morgan fingerprint density at radius 3 is 2.49 bits per heavy atom. The van der Waals surface area contributed by atoms with Crippen LogP contribution in [0.5, 0.6) is 0 Å². The molecule has 1 amide bonds. The summed E-state index contributed by atoms with van der Waals surface area (Å²) in [7, 11) is -3.92. The lowest BCUT2D eigenvalue weighted by atomic mass is 9.99. The average molecular weight is 534 g/mol. The van der Waals surface area contributed by atoms with Crippen LogP contribution in [0.25, 0.3) is 16.5 Å². The number of carbonyl (C=O) groups is 1. The third-order valence-corrected chi connectivity index (χ3v) is 7.49. The Labute approximate surface area is 210 Å². The maximum absolute atomic E-state index is 13.9. The number of fused-ring (bicyclic) bond motifs is 1. The van der Waals surface area contributed by atoms with Gasteiger partial charge in [0.2, 0.25) is 15.9 Å². The lowest BCUT2D eigenvalue weighted by Gasteiger charge is -2.16. The first-order valence-corrected chi connectivity index (χ1v) is 13.3. The Hall–Kier alpha value is -2.99. The quantitative estimate of drug-likeness (QED) is 0.336. The number of carbonyl (C=O) groups excluding carboxylic acids is 1. The van der Waals surface area contributed by atoms with Crippen LogP contribution in [0, 0.1) is 13.8 Å². The lowest BCUT2D eigenvalue weighted by Crippen LogP contribution is -2.16. The van der Waals surface area contributed by atoms with Gasteiger partial charge in [-0.25, -0.2) is 17.9 Å². The number of hydrogen-bond donors (Lipinski definition) is 2. The van der Waals surface area contributed by atoms with E-state index in [9.17, 15) is 17.6 Å². The van der Waals surface area contributed by atoms with Crippen molar-refractivity contribution in [3.63, 3.8) is 0 Å². The van der Waals surface area contributed by atoms with Gasteiger partial charge < -0.3 is 5.32 Å². The molecule has 3 aromatic carbocycles. The third-order valence-electron chi connectivity index (χ3n) is 5.33. The molecule has 0 bridgehead atoms. The molecule has 4 rings (SSSR count). The number of aromatic nitrogens is 3. The molecule has 0 aliphatic rings. The van der Waals surface area contributed by atoms with Gasteiger partial charge >= 0.3 is 0 Å². The minimum atomic E-state index is -3.92. The summed E-state index contributed by atoms with van der Waals surface area (Å²) >= 11 is 7.19. The number of alkyl halides is 1. The van der Waals surface area contributed by atoms with Crippen LogP contribution in [0.4, 0.5) is 10.1 Å². The number of rotatable bonds is 7. The van der Waals surface area contributed by atoms with Crippen molar-refractivity contribution >= 4 is 55.8 Å². The summed E-state index contributed by atoms with van der Waals surface area (Å²) in [5.41, 5.74) is 3.00. The van der Waals surface area contributed by atoms with Gasteiger partial charge in [-0.3, -0.25) is 9.36 Å². The highest BCUT2D eigenvalue weighted by Gasteiger charge is 2.20. The molecule has 3 N–H and O–H groups in total. The van der Waals surface area contributed by atoms with Gasteiger partial charge in [0, 0.05) is 5.39 Å². The summed E-state index contributed by atoms with van der Waals surface area (Å²) in [6.07, 6.45) is 0. The second-order valence-electron chi connectivity index (χ2n) is 7.80. The lowest BCUT2D eigenvalue weighted by molar-refractivity contribution is -0.113. The molecular formula is C23H21ClFN5O3S2. The van der Waals surface area contributed by atoms with Crippen molar-refractivity contribution in [3.05, 3.63) is 70.5 Å². The first kappa shape index (κ1) is 25.1. The molecule has 1 aromatic heterocycles. The molecule has 0 aliphatic carbocycles. The van der Waals surface area contributed by atoms with Crippen molar-refractivity contribution in [1.82, 2.24) is 14.8 Å². The Bertz CT molecular complexity index is 1560. The molecule has 0 atom stereocenters. The fraction of sp³-hybridized carbons (Fsp3) is 0.174. The van der Waals surface area contributed by atoms with Crippen LogP contribution in [0.15, 0.2) is 58.6 Å². The molecule has 0 saturated carbocycles. The molecule has 12 heteroatoms. The van der Waals surface area contributed by atoms with E-state index in [1.807, 2.05) is 44.2 Å². The number of halogens is 2. The number of amides is 1. The maximum atomic E-state index is 13.9. The molecular weight excluding hydrogens is 513 g/mol. The largest absolute Gasteiger partial charge is 0.324 e. The highest BCUT2D eigenvalue weighted by molar-refractivity contribution is 7.99. The Balaban J connectivity index is 1.61. The summed E-state index contributed by atoms with van der Waals surface area (Å²) in [5.74, 6) is -0.353. The first-order chi connectivity index (χ1) is 16.6. The molecule has 0 saturated heterocycles. The molecule has 182 valence electrons. The number of aryl methyl sites for hydroxylation is 2. The van der Waals surface area contributed by atoms with Crippen LogP contribution in [0.3, 0.4) is 0 Å². The van der Waals surface area contributed by atoms with Gasteiger partial charge in [-0.15, -0.1) is 10.2 Å². The number of nitrogens with zero attached hydrogens (tertiary/aromatic N) is 3. The fourth-order valence-electron chi connectivity index (χ4n) is 3.81. The SMILES string of the molecule is Cc1cc(C)c2ccccc2c1-n1c(CF)nnc1SCC(=O)Nc1ccc(S(N)(=O)=O)cc1Cl. The van der Waals surface area contributed by atoms with E-state index in [-0.39, 0.29) is 27.2 Å². The summed E-state index contributed by atoms with van der Waals surface area (Å²) in [4.78, 5) is 12.4. The van der Waals surface area contributed by atoms with Crippen molar-refractivity contribution in [2.24, 2.45) is 5.14 Å². The highest BCUT2D eigenvalue weighted by Crippen LogP contribution is 2.33. The van der Waals surface area contributed by atoms with Crippen LogP contribution in [-0.2, 0) is 21.5 Å². The number of thioether (sulfide) groups is 1. The molecule has 0 spiro atoms. The predicted molar refractivity (Wildman–Crippen MR) is 135 cm³/mol. The topological polar surface area (TPSA) is 120 Å². The van der Waals surface area contributed by atoms with E-state index >= 15 is 0 Å². The smallest absolute Gasteiger partial charge is 0.238 e. The third kappa shape index (κ3) is 5.18. The molecule has 1 heterocycles. The average Bonchev–Trinajstić information content (AvgIpc) is 3.21. The standard InChI is InChI=1S/C23H21ClFN5O3S2/c1-13-9-14(2)22(17-6-4-3-5-16(13)17)30-20(11-25)28-29-23(30)34-12-21(31)27-19-8-7-15(10-18(19)24)35(26,32)33/h3-10H,11-12H2,1-2H3,(H,27,31)(H2,26,32,33). The Kier molecular flexibility index (Phi) is 7.13. The van der Waals surface area contributed by atoms with Crippen LogP contribution < -0.4 is 10.5 Å². The van der Waals surface area contributed by atoms with Gasteiger partial charge in [0.1, 0.15) is 6.67 Å². The molecule has 8 nitrogen and oxygen atoms in total. The van der Waals surface area contributed by atoms with Gasteiger partial charge in [-0.2, -0.15) is 0 Å². The van der Waals surface area contributed by atoms with Gasteiger partial charge in [-0.1, -0.05) is 53.7 Å². The van der Waals surface area contributed by atoms with Gasteiger partial charge in [0.25, 0.3) is 0 Å². The van der Waals surface area contributed by atoms with Crippen molar-refractivity contribution in [3.8, 4) is 5.69 Å². The summed E-state index contributed by atoms with van der Waals surface area (Å²) in [6, 6.07) is 13.6. The number of nitrogens with one attached hydrogen (secondary N) is 1. The molecule has 35 heavy (non-hydrogen) atoms. The monoisotopic (exact) mass is 533 g/mol. The molecule has 4 aromatic rings.